The summed E-state index contributed by atoms with van der Waals surface area (Å²) in [7, 11) is 0. The van der Waals surface area contributed by atoms with Gasteiger partial charge in [-0.1, -0.05) is 237 Å². The number of rotatable bonds is 4. The Balaban J connectivity index is 0.978. The van der Waals surface area contributed by atoms with Crippen LogP contribution in [-0.4, -0.2) is 0 Å². The zero-order chi connectivity index (χ0) is 47.1. The lowest BCUT2D eigenvalue weighted by Crippen LogP contribution is -2.32. The van der Waals surface area contributed by atoms with Gasteiger partial charge in [-0.3, -0.25) is 0 Å². The van der Waals surface area contributed by atoms with Crippen LogP contribution >= 0.6 is 0 Å². The molecule has 4 aliphatic rings. The molecule has 0 bridgehead atoms. The highest BCUT2D eigenvalue weighted by Gasteiger charge is 2.54. The van der Waals surface area contributed by atoms with Gasteiger partial charge in [-0.2, -0.15) is 0 Å². The average molecular weight is 914 g/mol. The number of anilines is 3. The van der Waals surface area contributed by atoms with Crippen molar-refractivity contribution in [1.82, 2.24) is 0 Å². The van der Waals surface area contributed by atoms with Crippen LogP contribution in [0.15, 0.2) is 261 Å². The molecule has 2 nitrogen and oxygen atoms in total. The molecule has 0 atom stereocenters. The molecule has 0 amide bonds. The number of hydrogen-bond acceptors (Lipinski definition) is 2. The third kappa shape index (κ3) is 4.93. The predicted molar refractivity (Wildman–Crippen MR) is 295 cm³/mol. The number of fused-ring (bicyclic) bond motifs is 23. The molecule has 12 aromatic carbocycles. The van der Waals surface area contributed by atoms with E-state index in [4.69, 9.17) is 4.74 Å². The van der Waals surface area contributed by atoms with E-state index in [1.807, 2.05) is 0 Å². The Kier molecular flexibility index (Phi) is 8.05. The Labute approximate surface area is 418 Å². The molecule has 0 saturated heterocycles. The van der Waals surface area contributed by atoms with E-state index in [2.05, 4.69) is 266 Å². The van der Waals surface area contributed by atoms with Crippen molar-refractivity contribution < 1.29 is 4.74 Å². The molecule has 334 valence electrons. The second-order valence-corrected chi connectivity index (χ2v) is 19.7. The smallest absolute Gasteiger partial charge is 0.140 e. The van der Waals surface area contributed by atoms with Gasteiger partial charge < -0.3 is 9.64 Å². The molecule has 3 aliphatic carbocycles. The van der Waals surface area contributed by atoms with Gasteiger partial charge in [-0.25, -0.2) is 0 Å². The fourth-order valence-electron chi connectivity index (χ4n) is 13.9. The van der Waals surface area contributed by atoms with Crippen molar-refractivity contribution in [2.75, 3.05) is 4.90 Å². The molecule has 0 N–H and O–H groups in total. The Morgan fingerprint density at radius 1 is 0.250 bits per heavy atom. The van der Waals surface area contributed by atoms with E-state index in [0.717, 1.165) is 66.8 Å². The molecule has 0 aromatic heterocycles. The SMILES string of the molecule is c1ccc(N(c2ccccc2-c2cccc3c2-c2ccccc2C32c3ccc4ccccc4c3Oc3c2ccc2ccccc32)c2cccc3c2-c2ccccc2C32c3ccccc3-c3ccccc32)cc1. The minimum absolute atomic E-state index is 0.470. The standard InChI is InChI=1S/C70H43NO/c1-2-22-46(23-3-1)71(64-39-19-37-60-66(64)54-30-11-16-35-58(54)69(60)55-32-13-8-26-49(55)50-27-9-14-33-56(50)69)63-38-17-12-28-51(63)52-31-18-36-59-65(52)53-29-10-15-34-57(53)70(59)61-42-40-44-20-4-6-24-47(44)67(61)72-68-48-25-7-5-21-45(48)41-43-62(68)70/h1-43H. The molecule has 2 spiro atoms. The van der Waals surface area contributed by atoms with Crippen molar-refractivity contribution in [3.05, 3.63) is 305 Å². The second kappa shape index (κ2) is 14.6. The first kappa shape index (κ1) is 39.6. The number of nitrogens with zero attached hydrogens (tertiary/aromatic N) is 1. The van der Waals surface area contributed by atoms with Crippen molar-refractivity contribution in [3.8, 4) is 56.0 Å². The molecule has 1 aliphatic heterocycles. The Bertz CT molecular complexity index is 4150. The summed E-state index contributed by atoms with van der Waals surface area (Å²) in [5, 5.41) is 4.55. The van der Waals surface area contributed by atoms with E-state index >= 15 is 0 Å². The van der Waals surface area contributed by atoms with Gasteiger partial charge in [-0.15, -0.1) is 0 Å². The normalized spacial score (nSPS) is 14.2. The van der Waals surface area contributed by atoms with Gasteiger partial charge in [0.1, 0.15) is 11.5 Å². The van der Waals surface area contributed by atoms with Crippen LogP contribution in [-0.2, 0) is 10.8 Å². The zero-order valence-corrected chi connectivity index (χ0v) is 39.2. The van der Waals surface area contributed by atoms with Gasteiger partial charge in [0.25, 0.3) is 0 Å². The molecule has 16 rings (SSSR count). The zero-order valence-electron chi connectivity index (χ0n) is 39.2. The molecule has 0 fully saturated rings. The first-order valence-corrected chi connectivity index (χ1v) is 25.1. The summed E-state index contributed by atoms with van der Waals surface area (Å²) in [4.78, 5) is 2.53. The Morgan fingerprint density at radius 2 is 0.653 bits per heavy atom. The van der Waals surface area contributed by atoms with Crippen molar-refractivity contribution in [2.45, 2.75) is 10.8 Å². The summed E-state index contributed by atoms with van der Waals surface area (Å²) in [5.74, 6) is 1.84. The molecule has 2 heteroatoms. The van der Waals surface area contributed by atoms with Gasteiger partial charge in [0.15, 0.2) is 0 Å². The fraction of sp³-hybridized carbons (Fsp3) is 0.0286. The lowest BCUT2D eigenvalue weighted by molar-refractivity contribution is 0.447. The summed E-state index contributed by atoms with van der Waals surface area (Å²) in [6, 6.07) is 97.1. The highest BCUT2D eigenvalue weighted by Crippen LogP contribution is 2.67. The van der Waals surface area contributed by atoms with E-state index in [1.165, 1.54) is 72.3 Å². The van der Waals surface area contributed by atoms with Gasteiger partial charge in [0, 0.05) is 38.7 Å². The summed E-state index contributed by atoms with van der Waals surface area (Å²) >= 11 is 0. The van der Waals surface area contributed by atoms with E-state index in [-0.39, 0.29) is 0 Å². The maximum atomic E-state index is 7.31. The second-order valence-electron chi connectivity index (χ2n) is 19.7. The monoisotopic (exact) mass is 913 g/mol. The fourth-order valence-corrected chi connectivity index (χ4v) is 13.9. The van der Waals surface area contributed by atoms with Crippen LogP contribution in [0.4, 0.5) is 17.1 Å². The van der Waals surface area contributed by atoms with E-state index < -0.39 is 10.8 Å². The topological polar surface area (TPSA) is 12.5 Å². The first-order chi connectivity index (χ1) is 35.8. The molecule has 0 saturated carbocycles. The largest absolute Gasteiger partial charge is 0.455 e. The van der Waals surface area contributed by atoms with Crippen LogP contribution < -0.4 is 9.64 Å². The number of para-hydroxylation sites is 2. The maximum Gasteiger partial charge on any atom is 0.140 e. The van der Waals surface area contributed by atoms with Crippen molar-refractivity contribution in [3.63, 3.8) is 0 Å². The van der Waals surface area contributed by atoms with Crippen molar-refractivity contribution in [1.29, 1.82) is 0 Å². The molecular weight excluding hydrogens is 871 g/mol. The average Bonchev–Trinajstić information content (AvgIpc) is 4.05. The molecule has 0 unspecified atom stereocenters. The van der Waals surface area contributed by atoms with Gasteiger partial charge in [0.2, 0.25) is 0 Å². The van der Waals surface area contributed by atoms with Crippen molar-refractivity contribution in [2.24, 2.45) is 0 Å². The third-order valence-electron chi connectivity index (χ3n) is 16.5. The summed E-state index contributed by atoms with van der Waals surface area (Å²) in [6.07, 6.45) is 0. The third-order valence-corrected chi connectivity index (χ3v) is 16.5. The quantitative estimate of drug-likeness (QED) is 0.174. The molecule has 72 heavy (non-hydrogen) atoms. The summed E-state index contributed by atoms with van der Waals surface area (Å²) in [6.45, 7) is 0. The van der Waals surface area contributed by atoms with Crippen LogP contribution in [0.5, 0.6) is 11.5 Å². The van der Waals surface area contributed by atoms with Gasteiger partial charge in [-0.05, 0) is 102 Å². The minimum Gasteiger partial charge on any atom is -0.455 e. The lowest BCUT2D eigenvalue weighted by Gasteiger charge is -2.40. The molecule has 12 aromatic rings. The molecule has 1 heterocycles. The predicted octanol–water partition coefficient (Wildman–Crippen LogP) is 17.9. The van der Waals surface area contributed by atoms with E-state index in [0.29, 0.717) is 0 Å². The Morgan fingerprint density at radius 3 is 1.26 bits per heavy atom. The van der Waals surface area contributed by atoms with Crippen LogP contribution in [0, 0.1) is 0 Å². The maximum absolute atomic E-state index is 7.31. The highest BCUT2D eigenvalue weighted by molar-refractivity contribution is 6.06. The van der Waals surface area contributed by atoms with E-state index in [9.17, 15) is 0 Å². The number of benzene rings is 12. The van der Waals surface area contributed by atoms with Crippen LogP contribution in [0.1, 0.15) is 44.5 Å². The number of ether oxygens (including phenoxy) is 1. The summed E-state index contributed by atoms with van der Waals surface area (Å²) < 4.78 is 7.31. The minimum atomic E-state index is -0.668. The van der Waals surface area contributed by atoms with Crippen LogP contribution in [0.3, 0.4) is 0 Å². The van der Waals surface area contributed by atoms with Crippen LogP contribution in [0.2, 0.25) is 0 Å². The molecular formula is C70H43NO. The highest BCUT2D eigenvalue weighted by atomic mass is 16.5. The Hall–Kier alpha value is -9.24. The molecule has 0 radical (unpaired) electrons. The number of hydrogen-bond donors (Lipinski definition) is 0. The van der Waals surface area contributed by atoms with Gasteiger partial charge in [0.05, 0.1) is 22.2 Å². The van der Waals surface area contributed by atoms with E-state index in [1.54, 1.807) is 0 Å². The van der Waals surface area contributed by atoms with Gasteiger partial charge >= 0.3 is 0 Å². The first-order valence-electron chi connectivity index (χ1n) is 25.1. The summed E-state index contributed by atoms with van der Waals surface area (Å²) in [5.41, 5.74) is 22.3. The van der Waals surface area contributed by atoms with Crippen molar-refractivity contribution >= 4 is 38.6 Å². The lowest BCUT2D eigenvalue weighted by atomic mass is 9.65. The van der Waals surface area contributed by atoms with Crippen LogP contribution in [0.25, 0.3) is 66.1 Å².